The first kappa shape index (κ1) is 17.8. The van der Waals surface area contributed by atoms with Crippen LogP contribution in [0.25, 0.3) is 11.1 Å². The van der Waals surface area contributed by atoms with E-state index in [0.29, 0.717) is 17.9 Å². The van der Waals surface area contributed by atoms with E-state index in [0.717, 1.165) is 18.4 Å². The van der Waals surface area contributed by atoms with Crippen LogP contribution in [0.5, 0.6) is 5.75 Å². The van der Waals surface area contributed by atoms with Crippen LogP contribution in [-0.4, -0.2) is 17.7 Å². The lowest BCUT2D eigenvalue weighted by atomic mass is 9.99. The molecule has 0 radical (unpaired) electrons. The Morgan fingerprint density at radius 3 is 2.55 bits per heavy atom. The van der Waals surface area contributed by atoms with Gasteiger partial charge in [-0.05, 0) is 42.2 Å². The summed E-state index contributed by atoms with van der Waals surface area (Å²) >= 11 is 0. The molecule has 0 fully saturated rings. The SMILES string of the molecule is C=CCCCOc1ccc(-c2ccccc2)c(C(=O)O)c1.Cl. The van der Waals surface area contributed by atoms with Gasteiger partial charge in [-0.2, -0.15) is 0 Å². The van der Waals surface area contributed by atoms with E-state index >= 15 is 0 Å². The molecule has 2 rings (SSSR count). The smallest absolute Gasteiger partial charge is 0.336 e. The maximum atomic E-state index is 11.5. The molecule has 0 saturated carbocycles. The molecule has 3 nitrogen and oxygen atoms in total. The van der Waals surface area contributed by atoms with Crippen molar-refractivity contribution >= 4 is 18.4 Å². The van der Waals surface area contributed by atoms with Crippen LogP contribution < -0.4 is 4.74 Å². The lowest BCUT2D eigenvalue weighted by Crippen LogP contribution is -2.02. The normalized spacial score (nSPS) is 9.64. The highest BCUT2D eigenvalue weighted by Crippen LogP contribution is 2.27. The summed E-state index contributed by atoms with van der Waals surface area (Å²) < 4.78 is 5.58. The Morgan fingerprint density at radius 2 is 1.91 bits per heavy atom. The summed E-state index contributed by atoms with van der Waals surface area (Å²) in [5.41, 5.74) is 1.83. The second kappa shape index (κ2) is 8.90. The van der Waals surface area contributed by atoms with Gasteiger partial charge in [-0.15, -0.1) is 19.0 Å². The number of aromatic carboxylic acids is 1. The minimum Gasteiger partial charge on any atom is -0.494 e. The number of rotatable bonds is 7. The number of carboxylic acids is 1. The first-order valence-electron chi connectivity index (χ1n) is 6.89. The van der Waals surface area contributed by atoms with Crippen LogP contribution in [0.1, 0.15) is 23.2 Å². The van der Waals surface area contributed by atoms with Crippen LogP contribution in [0, 0.1) is 0 Å². The highest BCUT2D eigenvalue weighted by Gasteiger charge is 2.13. The van der Waals surface area contributed by atoms with Crippen molar-refractivity contribution in [3.8, 4) is 16.9 Å². The second-order valence-electron chi connectivity index (χ2n) is 4.66. The van der Waals surface area contributed by atoms with E-state index in [-0.39, 0.29) is 18.0 Å². The van der Waals surface area contributed by atoms with Crippen molar-refractivity contribution in [1.29, 1.82) is 0 Å². The Labute approximate surface area is 136 Å². The molecule has 0 spiro atoms. The predicted molar refractivity (Wildman–Crippen MR) is 91.0 cm³/mol. The van der Waals surface area contributed by atoms with Crippen molar-refractivity contribution in [2.45, 2.75) is 12.8 Å². The minimum atomic E-state index is -0.953. The molecule has 0 unspecified atom stereocenters. The summed E-state index contributed by atoms with van der Waals surface area (Å²) in [7, 11) is 0. The molecule has 2 aromatic carbocycles. The van der Waals surface area contributed by atoms with E-state index in [4.69, 9.17) is 4.74 Å². The van der Waals surface area contributed by atoms with Gasteiger partial charge in [0.05, 0.1) is 12.2 Å². The van der Waals surface area contributed by atoms with Crippen molar-refractivity contribution in [3.63, 3.8) is 0 Å². The molecule has 0 aliphatic heterocycles. The molecule has 1 N–H and O–H groups in total. The summed E-state index contributed by atoms with van der Waals surface area (Å²) in [6.07, 6.45) is 3.59. The third-order valence-electron chi connectivity index (χ3n) is 3.13. The number of ether oxygens (including phenoxy) is 1. The number of hydrogen-bond acceptors (Lipinski definition) is 2. The van der Waals surface area contributed by atoms with Crippen LogP contribution in [0.2, 0.25) is 0 Å². The summed E-state index contributed by atoms with van der Waals surface area (Å²) in [6.45, 7) is 4.21. The summed E-state index contributed by atoms with van der Waals surface area (Å²) in [6, 6.07) is 14.7. The molecule has 0 aliphatic rings. The van der Waals surface area contributed by atoms with E-state index in [1.807, 2.05) is 42.5 Å². The second-order valence-corrected chi connectivity index (χ2v) is 4.66. The Hall–Kier alpha value is -2.26. The van der Waals surface area contributed by atoms with Gasteiger partial charge >= 0.3 is 5.97 Å². The fourth-order valence-electron chi connectivity index (χ4n) is 2.08. The lowest BCUT2D eigenvalue weighted by Gasteiger charge is -2.10. The number of carboxylic acid groups (broad SMARTS) is 1. The van der Waals surface area contributed by atoms with Crippen molar-refractivity contribution in [1.82, 2.24) is 0 Å². The third-order valence-corrected chi connectivity index (χ3v) is 3.13. The zero-order valence-corrected chi connectivity index (χ0v) is 13.0. The molecule has 0 heterocycles. The number of allylic oxidation sites excluding steroid dienone is 1. The maximum absolute atomic E-state index is 11.5. The average Bonchev–Trinajstić information content (AvgIpc) is 2.52. The molecule has 116 valence electrons. The highest BCUT2D eigenvalue weighted by atomic mass is 35.5. The van der Waals surface area contributed by atoms with Gasteiger partial charge in [-0.25, -0.2) is 4.79 Å². The number of unbranched alkanes of at least 4 members (excludes halogenated alkanes) is 1. The van der Waals surface area contributed by atoms with E-state index < -0.39 is 5.97 Å². The fraction of sp³-hybridized carbons (Fsp3) is 0.167. The molecule has 0 amide bonds. The van der Waals surface area contributed by atoms with Gasteiger partial charge in [0, 0.05) is 0 Å². The maximum Gasteiger partial charge on any atom is 0.336 e. The molecule has 2 aromatic rings. The quantitative estimate of drug-likeness (QED) is 0.588. The van der Waals surface area contributed by atoms with E-state index in [2.05, 4.69) is 6.58 Å². The monoisotopic (exact) mass is 318 g/mol. The van der Waals surface area contributed by atoms with Crippen LogP contribution in [0.3, 0.4) is 0 Å². The van der Waals surface area contributed by atoms with E-state index in [1.165, 1.54) is 0 Å². The van der Waals surface area contributed by atoms with Crippen LogP contribution >= 0.6 is 12.4 Å². The summed E-state index contributed by atoms with van der Waals surface area (Å²) in [5.74, 6) is -0.374. The molecule has 22 heavy (non-hydrogen) atoms. The number of carbonyl (C=O) groups is 1. The van der Waals surface area contributed by atoms with Gasteiger partial charge in [0.25, 0.3) is 0 Å². The van der Waals surface area contributed by atoms with Gasteiger partial charge in [-0.3, -0.25) is 0 Å². The summed E-state index contributed by atoms with van der Waals surface area (Å²) in [5, 5.41) is 9.39. The van der Waals surface area contributed by atoms with Crippen molar-refractivity contribution in [3.05, 3.63) is 66.7 Å². The standard InChI is InChI=1S/C18H18O3.ClH/c1-2-3-7-12-21-15-10-11-16(17(13-15)18(19)20)14-8-5-4-6-9-14;/h2,4-6,8-11,13H,1,3,7,12H2,(H,19,20);1H. The molecule has 0 aromatic heterocycles. The minimum absolute atomic E-state index is 0. The lowest BCUT2D eigenvalue weighted by molar-refractivity contribution is 0.0697. The number of halogens is 1. The van der Waals surface area contributed by atoms with Gasteiger partial charge in [0.15, 0.2) is 0 Å². The molecule has 0 atom stereocenters. The molecular weight excluding hydrogens is 300 g/mol. The van der Waals surface area contributed by atoms with E-state index in [1.54, 1.807) is 12.1 Å². The van der Waals surface area contributed by atoms with Crippen molar-refractivity contribution < 1.29 is 14.6 Å². The topological polar surface area (TPSA) is 46.5 Å². The largest absolute Gasteiger partial charge is 0.494 e. The zero-order valence-electron chi connectivity index (χ0n) is 12.2. The van der Waals surface area contributed by atoms with Gasteiger partial charge < -0.3 is 9.84 Å². The molecule has 0 saturated heterocycles. The van der Waals surface area contributed by atoms with Crippen molar-refractivity contribution in [2.75, 3.05) is 6.61 Å². The Morgan fingerprint density at radius 1 is 1.18 bits per heavy atom. The molecule has 0 aliphatic carbocycles. The first-order valence-corrected chi connectivity index (χ1v) is 6.89. The number of benzene rings is 2. The van der Waals surface area contributed by atoms with Crippen LogP contribution in [-0.2, 0) is 0 Å². The molecule has 4 heteroatoms. The van der Waals surface area contributed by atoms with Crippen molar-refractivity contribution in [2.24, 2.45) is 0 Å². The van der Waals surface area contributed by atoms with Crippen LogP contribution in [0.15, 0.2) is 61.2 Å². The van der Waals surface area contributed by atoms with E-state index in [9.17, 15) is 9.90 Å². The summed E-state index contributed by atoms with van der Waals surface area (Å²) in [4.78, 5) is 11.5. The Balaban J connectivity index is 0.00000242. The Bertz CT molecular complexity index is 623. The fourth-order valence-corrected chi connectivity index (χ4v) is 2.08. The molecule has 0 bridgehead atoms. The predicted octanol–water partition coefficient (Wildman–Crippen LogP) is 4.82. The van der Waals surface area contributed by atoms with Crippen LogP contribution in [0.4, 0.5) is 0 Å². The zero-order chi connectivity index (χ0) is 15.1. The first-order chi connectivity index (χ1) is 10.2. The Kier molecular flexibility index (Phi) is 7.20. The molecular formula is C18H19ClO3. The average molecular weight is 319 g/mol. The van der Waals surface area contributed by atoms with Gasteiger partial charge in [-0.1, -0.05) is 36.4 Å². The third kappa shape index (κ3) is 4.64. The highest BCUT2D eigenvalue weighted by molar-refractivity contribution is 5.96. The van der Waals surface area contributed by atoms with Gasteiger partial charge in [0.1, 0.15) is 5.75 Å². The van der Waals surface area contributed by atoms with Gasteiger partial charge in [0.2, 0.25) is 0 Å². The number of hydrogen-bond donors (Lipinski definition) is 1.